The van der Waals surface area contributed by atoms with Crippen LogP contribution in [0.25, 0.3) is 5.65 Å². The maximum atomic E-state index is 12.7. The summed E-state index contributed by atoms with van der Waals surface area (Å²) in [5.74, 6) is 0.927. The smallest absolute Gasteiger partial charge is 0.247 e. The number of aromatic nitrogens is 5. The number of carbonyl (C=O) groups is 1. The Hall–Kier alpha value is -4.08. The molecule has 0 atom stereocenters. The van der Waals surface area contributed by atoms with Gasteiger partial charge in [0.05, 0.1) is 23.6 Å². The molecular formula is C30H36N10OS. The fourth-order valence-electron chi connectivity index (χ4n) is 5.87. The van der Waals surface area contributed by atoms with Crippen LogP contribution >= 0.6 is 12.6 Å². The van der Waals surface area contributed by atoms with Gasteiger partial charge in [0.1, 0.15) is 6.54 Å². The predicted octanol–water partition coefficient (Wildman–Crippen LogP) is 3.53. The van der Waals surface area contributed by atoms with Crippen molar-refractivity contribution in [2.45, 2.75) is 43.0 Å². The van der Waals surface area contributed by atoms with Crippen LogP contribution in [-0.4, -0.2) is 86.4 Å². The Balaban J connectivity index is 1.16. The number of nitrogens with one attached hydrogen (secondary N) is 1. The Morgan fingerprint density at radius 2 is 1.98 bits per heavy atom. The first-order valence-electron chi connectivity index (χ1n) is 14.3. The highest BCUT2D eigenvalue weighted by Crippen LogP contribution is 2.44. The second-order valence-electron chi connectivity index (χ2n) is 11.7. The van der Waals surface area contributed by atoms with Gasteiger partial charge in [0.25, 0.3) is 0 Å². The molecule has 0 radical (unpaired) electrons. The Morgan fingerprint density at radius 1 is 1.19 bits per heavy atom. The van der Waals surface area contributed by atoms with Gasteiger partial charge in [-0.25, -0.2) is 4.52 Å². The summed E-state index contributed by atoms with van der Waals surface area (Å²) in [6.07, 6.45) is 5.76. The van der Waals surface area contributed by atoms with Gasteiger partial charge in [-0.15, -0.1) is 17.7 Å². The number of pyridine rings is 1. The number of anilines is 3. The Bertz CT molecular complexity index is 1640. The van der Waals surface area contributed by atoms with Crippen LogP contribution in [0.2, 0.25) is 0 Å². The van der Waals surface area contributed by atoms with Crippen LogP contribution in [0, 0.1) is 11.3 Å². The largest absolute Gasteiger partial charge is 0.366 e. The third-order valence-electron chi connectivity index (χ3n) is 8.39. The minimum atomic E-state index is -0.286. The number of likely N-dealkylation sites (N-methyl/N-ethyl adjacent to an activating group) is 1. The molecule has 2 aliphatic heterocycles. The van der Waals surface area contributed by atoms with Crippen molar-refractivity contribution >= 4 is 41.5 Å². The molecule has 4 aromatic rings. The second kappa shape index (κ2) is 11.3. The highest BCUT2D eigenvalue weighted by atomic mass is 32.1. The fourth-order valence-corrected chi connectivity index (χ4v) is 6.33. The van der Waals surface area contributed by atoms with Gasteiger partial charge in [-0.3, -0.25) is 9.48 Å². The first-order chi connectivity index (χ1) is 20.2. The molecule has 2 fully saturated rings. The molecule has 11 nitrogen and oxygen atoms in total. The van der Waals surface area contributed by atoms with Crippen LogP contribution in [0.15, 0.2) is 53.8 Å². The zero-order valence-corrected chi connectivity index (χ0v) is 25.1. The monoisotopic (exact) mass is 584 g/mol. The molecule has 0 unspecified atom stereocenters. The number of hydrogen-bond acceptors (Lipinski definition) is 9. The molecule has 2 saturated heterocycles. The summed E-state index contributed by atoms with van der Waals surface area (Å²) in [5, 5.41) is 21.9. The minimum Gasteiger partial charge on any atom is -0.366 e. The summed E-state index contributed by atoms with van der Waals surface area (Å²) >= 11 is 4.82. The second-order valence-corrected chi connectivity index (χ2v) is 12.2. The van der Waals surface area contributed by atoms with Gasteiger partial charge >= 0.3 is 0 Å². The number of benzene rings is 1. The lowest BCUT2D eigenvalue weighted by Crippen LogP contribution is -2.59. The van der Waals surface area contributed by atoms with Gasteiger partial charge in [0.15, 0.2) is 5.65 Å². The van der Waals surface area contributed by atoms with E-state index in [1.165, 1.54) is 5.56 Å². The molecule has 42 heavy (non-hydrogen) atoms. The molecule has 218 valence electrons. The summed E-state index contributed by atoms with van der Waals surface area (Å²) < 4.78 is 3.40. The predicted molar refractivity (Wildman–Crippen MR) is 164 cm³/mol. The van der Waals surface area contributed by atoms with E-state index in [2.05, 4.69) is 70.5 Å². The number of carbonyl (C=O) groups excluding carboxylic acids is 1. The van der Waals surface area contributed by atoms with Crippen LogP contribution in [0.5, 0.6) is 0 Å². The van der Waals surface area contributed by atoms with E-state index in [0.717, 1.165) is 48.0 Å². The maximum Gasteiger partial charge on any atom is 0.247 e. The van der Waals surface area contributed by atoms with Crippen molar-refractivity contribution in [3.8, 4) is 6.07 Å². The van der Waals surface area contributed by atoms with Gasteiger partial charge in [-0.1, -0.05) is 26.0 Å². The third-order valence-corrected chi connectivity index (χ3v) is 8.76. The van der Waals surface area contributed by atoms with Crippen molar-refractivity contribution < 1.29 is 4.79 Å². The number of nitriles is 1. The topological polar surface area (TPSA) is 111 Å². The summed E-state index contributed by atoms with van der Waals surface area (Å²) in [6, 6.07) is 12.8. The van der Waals surface area contributed by atoms with Crippen LogP contribution in [0.3, 0.4) is 0 Å². The highest BCUT2D eigenvalue weighted by molar-refractivity contribution is 7.80. The van der Waals surface area contributed by atoms with E-state index in [-0.39, 0.29) is 17.9 Å². The molecule has 2 aliphatic rings. The first-order valence-corrected chi connectivity index (χ1v) is 14.8. The van der Waals surface area contributed by atoms with Crippen molar-refractivity contribution in [1.82, 2.24) is 34.2 Å². The Morgan fingerprint density at radius 3 is 2.69 bits per heavy atom. The van der Waals surface area contributed by atoms with Gasteiger partial charge in [0, 0.05) is 68.4 Å². The molecule has 3 aromatic heterocycles. The minimum absolute atomic E-state index is 0.0659. The average molecular weight is 585 g/mol. The summed E-state index contributed by atoms with van der Waals surface area (Å²) in [4.78, 5) is 24.8. The van der Waals surface area contributed by atoms with Crippen LogP contribution in [0.1, 0.15) is 37.3 Å². The lowest BCUT2D eigenvalue weighted by Gasteiger charge is -2.51. The summed E-state index contributed by atoms with van der Waals surface area (Å²) in [6.45, 7) is 9.18. The van der Waals surface area contributed by atoms with E-state index in [1.807, 2.05) is 23.2 Å². The van der Waals surface area contributed by atoms with Crippen molar-refractivity contribution in [3.63, 3.8) is 0 Å². The fraction of sp³-hybridized carbons (Fsp3) is 0.433. The van der Waals surface area contributed by atoms with E-state index in [1.54, 1.807) is 21.6 Å². The normalized spacial score (nSPS) is 17.0. The first kappa shape index (κ1) is 28.1. The van der Waals surface area contributed by atoms with Gasteiger partial charge < -0.3 is 20.0 Å². The van der Waals surface area contributed by atoms with E-state index >= 15 is 0 Å². The number of hydrogen-bond donors (Lipinski definition) is 2. The number of thiol groups is 1. The van der Waals surface area contributed by atoms with Crippen molar-refractivity contribution in [2.75, 3.05) is 56.5 Å². The van der Waals surface area contributed by atoms with Crippen LogP contribution in [0.4, 0.5) is 17.3 Å². The number of amides is 1. The molecule has 1 aromatic carbocycles. The van der Waals surface area contributed by atoms with E-state index < -0.39 is 0 Å². The third kappa shape index (κ3) is 5.42. The highest BCUT2D eigenvalue weighted by Gasteiger charge is 2.46. The van der Waals surface area contributed by atoms with Crippen LogP contribution < -0.4 is 10.2 Å². The Labute approximate surface area is 251 Å². The molecule has 6 rings (SSSR count). The molecule has 12 heteroatoms. The molecule has 5 heterocycles. The zero-order chi connectivity index (χ0) is 29.4. The van der Waals surface area contributed by atoms with Gasteiger partial charge in [0.2, 0.25) is 11.9 Å². The van der Waals surface area contributed by atoms with E-state index in [0.29, 0.717) is 37.1 Å². The van der Waals surface area contributed by atoms with Crippen molar-refractivity contribution in [3.05, 3.63) is 60.0 Å². The molecule has 0 saturated carbocycles. The lowest BCUT2D eigenvalue weighted by atomic mass is 9.71. The Kier molecular flexibility index (Phi) is 7.55. The van der Waals surface area contributed by atoms with Crippen molar-refractivity contribution in [1.29, 1.82) is 5.26 Å². The molecule has 0 bridgehead atoms. The number of fused-ring (bicyclic) bond motifs is 1. The number of nitrogens with zero attached hydrogens (tertiary/aromatic N) is 9. The molecule has 1 amide bonds. The van der Waals surface area contributed by atoms with Gasteiger partial charge in [-0.2, -0.15) is 15.3 Å². The average Bonchev–Trinajstić information content (AvgIpc) is 3.57. The van der Waals surface area contributed by atoms with Crippen LogP contribution in [-0.2, 0) is 16.8 Å². The number of rotatable bonds is 8. The van der Waals surface area contributed by atoms with Crippen molar-refractivity contribution in [2.24, 2.45) is 0 Å². The number of piperazine rings is 1. The summed E-state index contributed by atoms with van der Waals surface area (Å²) in [5.41, 5.74) is 4.47. The molecule has 0 spiro atoms. The zero-order valence-electron chi connectivity index (χ0n) is 24.2. The molecule has 1 N–H and O–H groups in total. The van der Waals surface area contributed by atoms with E-state index in [9.17, 15) is 10.1 Å². The molecular weight excluding hydrogens is 548 g/mol. The standard InChI is InChI=1S/C30H36N10OS/c1-21(2)22-6-7-24(26(42)15-22)30(8-9-31)19-38(20-30)25-5-4-10-40-28(25)34-29(35-40)33-23-16-32-39(17-23)18-27(41)37-13-11-36(3)12-14-37/h4-7,10,15-17,21,42H,8,11-14,18-20H2,1-3H3,(H,33,35). The van der Waals surface area contributed by atoms with E-state index in [4.69, 9.17) is 17.6 Å². The maximum absolute atomic E-state index is 12.7. The summed E-state index contributed by atoms with van der Waals surface area (Å²) in [7, 11) is 2.07. The van der Waals surface area contributed by atoms with Gasteiger partial charge in [-0.05, 0) is 42.3 Å². The SMILES string of the molecule is CC(C)c1ccc(C2(CC#N)CN(c3cccn4nc(Nc5cnn(CC(=O)N6CCN(C)CC6)c5)nc34)C2)c(S)c1. The quantitative estimate of drug-likeness (QED) is 0.303. The molecule has 0 aliphatic carbocycles. The lowest BCUT2D eigenvalue weighted by molar-refractivity contribution is -0.133.